The highest BCUT2D eigenvalue weighted by Gasteiger charge is 2.11. The van der Waals surface area contributed by atoms with Gasteiger partial charge in [0.1, 0.15) is 5.69 Å². The first-order chi connectivity index (χ1) is 9.83. The quantitative estimate of drug-likeness (QED) is 0.785. The summed E-state index contributed by atoms with van der Waals surface area (Å²) in [6.45, 7) is 0.461. The highest BCUT2D eigenvalue weighted by Crippen LogP contribution is 2.17. The summed E-state index contributed by atoms with van der Waals surface area (Å²) in [4.78, 5) is 15.9. The molecule has 3 aromatic rings. The largest absolute Gasteiger partial charge is 0.356 e. The van der Waals surface area contributed by atoms with Crippen LogP contribution in [0.3, 0.4) is 0 Å². The maximum Gasteiger partial charge on any atom is 0.226 e. The van der Waals surface area contributed by atoms with Gasteiger partial charge in [-0.2, -0.15) is 0 Å². The van der Waals surface area contributed by atoms with Crippen LogP contribution in [0, 0.1) is 0 Å². The van der Waals surface area contributed by atoms with Gasteiger partial charge in [-0.15, -0.1) is 0 Å². The Balaban J connectivity index is 1.64. The second kappa shape index (κ2) is 5.52. The van der Waals surface area contributed by atoms with E-state index in [9.17, 15) is 4.79 Å². The number of benzene rings is 1. The molecule has 100 valence electrons. The van der Waals surface area contributed by atoms with Gasteiger partial charge in [0.25, 0.3) is 0 Å². The Bertz CT molecular complexity index is 722. The summed E-state index contributed by atoms with van der Waals surface area (Å²) in [7, 11) is 0. The normalized spacial score (nSPS) is 10.6. The summed E-state index contributed by atoms with van der Waals surface area (Å²) in [5.74, 6) is -0.0899. The van der Waals surface area contributed by atoms with E-state index in [0.29, 0.717) is 17.8 Å². The van der Waals surface area contributed by atoms with E-state index in [0.717, 1.165) is 10.9 Å². The zero-order chi connectivity index (χ0) is 13.8. The van der Waals surface area contributed by atoms with Crippen molar-refractivity contribution in [1.82, 2.24) is 15.5 Å². The molecule has 0 atom stereocenters. The van der Waals surface area contributed by atoms with Gasteiger partial charge < -0.3 is 9.84 Å². The fraction of sp³-hybridized carbons (Fsp3) is 0.133. The molecule has 0 saturated heterocycles. The maximum absolute atomic E-state index is 11.9. The summed E-state index contributed by atoms with van der Waals surface area (Å²) < 4.78 is 5.17. The highest BCUT2D eigenvalue weighted by molar-refractivity contribution is 5.86. The molecule has 2 heterocycles. The van der Waals surface area contributed by atoms with Crippen LogP contribution in [0.4, 0.5) is 0 Å². The predicted octanol–water partition coefficient (Wildman–Crippen LogP) is 2.08. The van der Waals surface area contributed by atoms with Gasteiger partial charge in [0, 0.05) is 24.3 Å². The van der Waals surface area contributed by atoms with Crippen molar-refractivity contribution in [2.45, 2.75) is 13.0 Å². The molecule has 0 aliphatic heterocycles. The molecule has 0 bridgehead atoms. The van der Waals surface area contributed by atoms with Crippen LogP contribution in [0.15, 0.2) is 53.3 Å². The van der Waals surface area contributed by atoms with E-state index in [2.05, 4.69) is 15.5 Å². The van der Waals surface area contributed by atoms with Crippen LogP contribution in [0.2, 0.25) is 0 Å². The number of para-hydroxylation sites is 1. The van der Waals surface area contributed by atoms with E-state index in [4.69, 9.17) is 4.52 Å². The Kier molecular flexibility index (Phi) is 3.41. The molecule has 0 unspecified atom stereocenters. The number of nitrogens with one attached hydrogen (secondary N) is 1. The van der Waals surface area contributed by atoms with Crippen molar-refractivity contribution >= 4 is 16.9 Å². The average Bonchev–Trinajstić information content (AvgIpc) is 2.90. The Morgan fingerprint density at radius 3 is 2.95 bits per heavy atom. The Hall–Kier alpha value is -2.69. The van der Waals surface area contributed by atoms with E-state index in [1.165, 1.54) is 0 Å². The molecule has 1 aromatic carbocycles. The molecule has 20 heavy (non-hydrogen) atoms. The monoisotopic (exact) mass is 267 g/mol. The third-order valence-corrected chi connectivity index (χ3v) is 2.99. The van der Waals surface area contributed by atoms with Gasteiger partial charge in [0.05, 0.1) is 6.42 Å². The Morgan fingerprint density at radius 2 is 2.10 bits per heavy atom. The van der Waals surface area contributed by atoms with Crippen LogP contribution >= 0.6 is 0 Å². The Morgan fingerprint density at radius 1 is 1.20 bits per heavy atom. The van der Waals surface area contributed by atoms with E-state index in [-0.39, 0.29) is 12.3 Å². The van der Waals surface area contributed by atoms with E-state index in [1.54, 1.807) is 12.4 Å². The Labute approximate surface area is 115 Å². The van der Waals surface area contributed by atoms with Crippen LogP contribution in [0.25, 0.3) is 11.0 Å². The van der Waals surface area contributed by atoms with Crippen molar-refractivity contribution in [3.8, 4) is 0 Å². The standard InChI is InChI=1S/C15H13N3O2/c19-15(17-10-11-4-3-7-16-9-11)8-13-12-5-1-2-6-14(12)20-18-13/h1-7,9H,8,10H2,(H,17,19). The number of pyridine rings is 1. The molecule has 1 amide bonds. The van der Waals surface area contributed by atoms with Crippen LogP contribution in [-0.4, -0.2) is 16.0 Å². The summed E-state index contributed by atoms with van der Waals surface area (Å²) >= 11 is 0. The van der Waals surface area contributed by atoms with Gasteiger partial charge in [0.2, 0.25) is 5.91 Å². The highest BCUT2D eigenvalue weighted by atomic mass is 16.5. The first-order valence-electron chi connectivity index (χ1n) is 6.32. The average molecular weight is 267 g/mol. The number of amides is 1. The topological polar surface area (TPSA) is 68.0 Å². The molecule has 5 nitrogen and oxygen atoms in total. The van der Waals surface area contributed by atoms with Crippen molar-refractivity contribution in [1.29, 1.82) is 0 Å². The van der Waals surface area contributed by atoms with Crippen LogP contribution in [-0.2, 0) is 17.8 Å². The molecule has 0 fully saturated rings. The molecule has 0 spiro atoms. The van der Waals surface area contributed by atoms with Gasteiger partial charge in [-0.3, -0.25) is 9.78 Å². The SMILES string of the molecule is O=C(Cc1noc2ccccc12)NCc1cccnc1. The molecule has 0 saturated carbocycles. The number of nitrogens with zero attached hydrogens (tertiary/aromatic N) is 2. The van der Waals surface area contributed by atoms with Crippen LogP contribution in [0.5, 0.6) is 0 Å². The molecule has 5 heteroatoms. The van der Waals surface area contributed by atoms with E-state index < -0.39 is 0 Å². The molecular formula is C15H13N3O2. The fourth-order valence-electron chi connectivity index (χ4n) is 1.98. The number of hydrogen-bond donors (Lipinski definition) is 1. The van der Waals surface area contributed by atoms with Crippen molar-refractivity contribution in [3.05, 3.63) is 60.0 Å². The smallest absolute Gasteiger partial charge is 0.226 e. The number of rotatable bonds is 4. The fourth-order valence-corrected chi connectivity index (χ4v) is 1.98. The van der Waals surface area contributed by atoms with E-state index >= 15 is 0 Å². The van der Waals surface area contributed by atoms with Gasteiger partial charge in [-0.25, -0.2) is 0 Å². The molecule has 2 aromatic heterocycles. The maximum atomic E-state index is 11.9. The van der Waals surface area contributed by atoms with Crippen molar-refractivity contribution < 1.29 is 9.32 Å². The lowest BCUT2D eigenvalue weighted by Crippen LogP contribution is -2.24. The third kappa shape index (κ3) is 2.66. The minimum absolute atomic E-state index is 0.0899. The minimum atomic E-state index is -0.0899. The van der Waals surface area contributed by atoms with Gasteiger partial charge in [0.15, 0.2) is 5.58 Å². The van der Waals surface area contributed by atoms with Crippen LogP contribution < -0.4 is 5.32 Å². The van der Waals surface area contributed by atoms with Gasteiger partial charge >= 0.3 is 0 Å². The zero-order valence-corrected chi connectivity index (χ0v) is 10.7. The molecule has 3 rings (SSSR count). The molecule has 1 N–H and O–H groups in total. The summed E-state index contributed by atoms with van der Waals surface area (Å²) in [5.41, 5.74) is 2.32. The van der Waals surface area contributed by atoms with Crippen molar-refractivity contribution in [3.63, 3.8) is 0 Å². The van der Waals surface area contributed by atoms with Gasteiger partial charge in [-0.05, 0) is 23.8 Å². The number of fused-ring (bicyclic) bond motifs is 1. The lowest BCUT2D eigenvalue weighted by molar-refractivity contribution is -0.120. The lowest BCUT2D eigenvalue weighted by Gasteiger charge is -2.03. The second-order valence-electron chi connectivity index (χ2n) is 4.44. The van der Waals surface area contributed by atoms with E-state index in [1.807, 2.05) is 36.4 Å². The summed E-state index contributed by atoms with van der Waals surface area (Å²) in [6, 6.07) is 11.3. The summed E-state index contributed by atoms with van der Waals surface area (Å²) in [5, 5.41) is 7.66. The predicted molar refractivity (Wildman–Crippen MR) is 73.8 cm³/mol. The van der Waals surface area contributed by atoms with Crippen LogP contribution in [0.1, 0.15) is 11.3 Å². The first kappa shape index (κ1) is 12.3. The third-order valence-electron chi connectivity index (χ3n) is 2.99. The molecule has 0 radical (unpaired) electrons. The number of carbonyl (C=O) groups is 1. The first-order valence-corrected chi connectivity index (χ1v) is 6.32. The molecular weight excluding hydrogens is 254 g/mol. The minimum Gasteiger partial charge on any atom is -0.356 e. The second-order valence-corrected chi connectivity index (χ2v) is 4.44. The van der Waals surface area contributed by atoms with Crippen molar-refractivity contribution in [2.24, 2.45) is 0 Å². The zero-order valence-electron chi connectivity index (χ0n) is 10.7. The number of aromatic nitrogens is 2. The lowest BCUT2D eigenvalue weighted by atomic mass is 10.1. The van der Waals surface area contributed by atoms with Gasteiger partial charge in [-0.1, -0.05) is 23.4 Å². The van der Waals surface area contributed by atoms with Crippen molar-refractivity contribution in [2.75, 3.05) is 0 Å². The number of hydrogen-bond acceptors (Lipinski definition) is 4. The summed E-state index contributed by atoms with van der Waals surface area (Å²) in [6.07, 6.45) is 3.63. The molecule has 0 aliphatic carbocycles. The number of carbonyl (C=O) groups excluding carboxylic acids is 1. The molecule has 0 aliphatic rings.